The molecule has 12 heavy (non-hydrogen) atoms. The zero-order valence-electron chi connectivity index (χ0n) is 6.87. The summed E-state index contributed by atoms with van der Waals surface area (Å²) in [4.78, 5) is 0. The van der Waals surface area contributed by atoms with Gasteiger partial charge in [0.05, 0.1) is 7.11 Å². The van der Waals surface area contributed by atoms with E-state index in [1.807, 2.05) is 24.3 Å². The third-order valence-electron chi connectivity index (χ3n) is 1.87. The van der Waals surface area contributed by atoms with E-state index in [9.17, 15) is 0 Å². The van der Waals surface area contributed by atoms with Gasteiger partial charge in [-0.1, -0.05) is 24.3 Å². The first-order valence-corrected chi connectivity index (χ1v) is 3.84. The minimum atomic E-state index is 0.786. The summed E-state index contributed by atoms with van der Waals surface area (Å²) in [6.45, 7) is 0. The molecule has 0 bridgehead atoms. The number of benzene rings is 2. The number of ether oxygens (including phenoxy) is 1. The summed E-state index contributed by atoms with van der Waals surface area (Å²) >= 11 is 0. The molecule has 0 aliphatic rings. The van der Waals surface area contributed by atoms with Crippen molar-refractivity contribution in [2.24, 2.45) is 0 Å². The van der Waals surface area contributed by atoms with Crippen LogP contribution in [0.4, 0.5) is 0 Å². The first kappa shape index (κ1) is 7.17. The summed E-state index contributed by atoms with van der Waals surface area (Å²) in [5.74, 6) is 0.786. The normalized spacial score (nSPS) is 10.1. The van der Waals surface area contributed by atoms with Gasteiger partial charge in [0.15, 0.2) is 0 Å². The quantitative estimate of drug-likeness (QED) is 0.618. The van der Waals surface area contributed by atoms with Gasteiger partial charge in [-0.3, -0.25) is 0 Å². The molecule has 0 N–H and O–H groups in total. The van der Waals surface area contributed by atoms with E-state index in [1.54, 1.807) is 7.11 Å². The molecule has 1 radical (unpaired) electrons. The highest BCUT2D eigenvalue weighted by atomic mass is 16.5. The van der Waals surface area contributed by atoms with Crippen LogP contribution >= 0.6 is 0 Å². The summed E-state index contributed by atoms with van der Waals surface area (Å²) < 4.78 is 5.07. The molecule has 0 saturated heterocycles. The van der Waals surface area contributed by atoms with Crippen LogP contribution in [0.5, 0.6) is 5.75 Å². The molecule has 2 aromatic rings. The van der Waals surface area contributed by atoms with E-state index >= 15 is 0 Å². The molecular weight excluding hydrogens is 148 g/mol. The summed E-state index contributed by atoms with van der Waals surface area (Å²) in [7, 11) is 1.65. The van der Waals surface area contributed by atoms with E-state index < -0.39 is 0 Å². The molecule has 0 aliphatic carbocycles. The number of fused-ring (bicyclic) bond motifs is 1. The van der Waals surface area contributed by atoms with Gasteiger partial charge in [0.2, 0.25) is 0 Å². The average Bonchev–Trinajstić information content (AvgIpc) is 2.17. The zero-order valence-corrected chi connectivity index (χ0v) is 6.87. The molecule has 0 heterocycles. The standard InChI is InChI=1S/C11H9O/c1-12-11-7-6-9-4-2-3-5-10(9)8-11/h2-6,8H,1H3. The molecule has 0 saturated carbocycles. The van der Waals surface area contributed by atoms with Crippen LogP contribution in [0.25, 0.3) is 10.8 Å². The molecular formula is C11H9O. The van der Waals surface area contributed by atoms with Crippen LogP contribution in [-0.4, -0.2) is 7.11 Å². The van der Waals surface area contributed by atoms with Crippen LogP contribution in [0, 0.1) is 6.07 Å². The Kier molecular flexibility index (Phi) is 1.71. The Balaban J connectivity index is 2.67. The highest BCUT2D eigenvalue weighted by Gasteiger charge is 1.93. The van der Waals surface area contributed by atoms with Crippen molar-refractivity contribution >= 4 is 10.8 Å². The maximum atomic E-state index is 5.07. The van der Waals surface area contributed by atoms with Gasteiger partial charge in [0, 0.05) is 6.07 Å². The molecule has 2 aromatic carbocycles. The SMILES string of the molecule is COc1[c]cc2ccccc2c1. The van der Waals surface area contributed by atoms with E-state index in [4.69, 9.17) is 4.74 Å². The largest absolute Gasteiger partial charge is 0.496 e. The van der Waals surface area contributed by atoms with Gasteiger partial charge in [-0.25, -0.2) is 0 Å². The fourth-order valence-electron chi connectivity index (χ4n) is 1.22. The lowest BCUT2D eigenvalue weighted by Crippen LogP contribution is -1.81. The van der Waals surface area contributed by atoms with Crippen LogP contribution in [0.2, 0.25) is 0 Å². The number of methoxy groups -OCH3 is 1. The Morgan fingerprint density at radius 2 is 1.92 bits per heavy atom. The zero-order chi connectivity index (χ0) is 8.39. The predicted octanol–water partition coefficient (Wildman–Crippen LogP) is 2.65. The van der Waals surface area contributed by atoms with Crippen molar-refractivity contribution in [3.05, 3.63) is 42.5 Å². The van der Waals surface area contributed by atoms with Gasteiger partial charge in [-0.05, 0) is 22.9 Å². The van der Waals surface area contributed by atoms with E-state index in [0.29, 0.717) is 0 Å². The van der Waals surface area contributed by atoms with E-state index in [0.717, 1.165) is 5.75 Å². The van der Waals surface area contributed by atoms with Crippen LogP contribution in [0.15, 0.2) is 36.4 Å². The van der Waals surface area contributed by atoms with Gasteiger partial charge in [-0.15, -0.1) is 0 Å². The van der Waals surface area contributed by atoms with Gasteiger partial charge in [0.1, 0.15) is 5.75 Å². The molecule has 0 fully saturated rings. The second-order valence-electron chi connectivity index (χ2n) is 2.63. The Morgan fingerprint density at radius 1 is 1.17 bits per heavy atom. The molecule has 1 heteroatoms. The minimum absolute atomic E-state index is 0.786. The van der Waals surface area contributed by atoms with Crippen molar-refractivity contribution in [2.75, 3.05) is 7.11 Å². The molecule has 1 nitrogen and oxygen atoms in total. The molecule has 59 valence electrons. The van der Waals surface area contributed by atoms with Crippen LogP contribution in [-0.2, 0) is 0 Å². The molecule has 0 atom stereocenters. The fourth-order valence-corrected chi connectivity index (χ4v) is 1.22. The number of rotatable bonds is 1. The summed E-state index contributed by atoms with van der Waals surface area (Å²) in [6, 6.07) is 15.1. The lowest BCUT2D eigenvalue weighted by molar-refractivity contribution is 0.414. The molecule has 0 aromatic heterocycles. The second-order valence-corrected chi connectivity index (χ2v) is 2.63. The van der Waals surface area contributed by atoms with E-state index in [2.05, 4.69) is 18.2 Å². The van der Waals surface area contributed by atoms with Crippen molar-refractivity contribution in [1.29, 1.82) is 0 Å². The molecule has 0 spiro atoms. The first-order valence-electron chi connectivity index (χ1n) is 3.84. The monoisotopic (exact) mass is 157 g/mol. The maximum Gasteiger partial charge on any atom is 0.127 e. The van der Waals surface area contributed by atoms with Crippen molar-refractivity contribution in [3.63, 3.8) is 0 Å². The van der Waals surface area contributed by atoms with Gasteiger partial charge in [0.25, 0.3) is 0 Å². The fraction of sp³-hybridized carbons (Fsp3) is 0.0909. The van der Waals surface area contributed by atoms with Crippen LogP contribution in [0.1, 0.15) is 0 Å². The summed E-state index contributed by atoms with van der Waals surface area (Å²) in [5, 5.41) is 2.38. The molecule has 2 rings (SSSR count). The van der Waals surface area contributed by atoms with E-state index in [-0.39, 0.29) is 0 Å². The molecule has 0 aliphatic heterocycles. The van der Waals surface area contributed by atoms with Gasteiger partial charge >= 0.3 is 0 Å². The summed E-state index contributed by atoms with van der Waals surface area (Å²) in [6.07, 6.45) is 0. The van der Waals surface area contributed by atoms with Crippen LogP contribution < -0.4 is 4.74 Å². The number of hydrogen-bond acceptors (Lipinski definition) is 1. The lowest BCUT2D eigenvalue weighted by Gasteiger charge is -2.00. The van der Waals surface area contributed by atoms with Crippen molar-refractivity contribution in [2.45, 2.75) is 0 Å². The lowest BCUT2D eigenvalue weighted by atomic mass is 10.1. The third-order valence-corrected chi connectivity index (χ3v) is 1.87. The first-order chi connectivity index (χ1) is 5.90. The van der Waals surface area contributed by atoms with Gasteiger partial charge in [-0.2, -0.15) is 0 Å². The highest BCUT2D eigenvalue weighted by molar-refractivity contribution is 5.83. The topological polar surface area (TPSA) is 9.23 Å². The Morgan fingerprint density at radius 3 is 2.67 bits per heavy atom. The highest BCUT2D eigenvalue weighted by Crippen LogP contribution is 2.19. The van der Waals surface area contributed by atoms with Crippen molar-refractivity contribution in [3.8, 4) is 5.75 Å². The smallest absolute Gasteiger partial charge is 0.127 e. The Labute approximate surface area is 71.6 Å². The second kappa shape index (κ2) is 2.86. The average molecular weight is 157 g/mol. The number of hydrogen-bond donors (Lipinski definition) is 0. The molecule has 0 amide bonds. The third kappa shape index (κ3) is 1.14. The van der Waals surface area contributed by atoms with Crippen LogP contribution in [0.3, 0.4) is 0 Å². The van der Waals surface area contributed by atoms with Gasteiger partial charge < -0.3 is 4.74 Å². The minimum Gasteiger partial charge on any atom is -0.496 e. The predicted molar refractivity (Wildman–Crippen MR) is 49.3 cm³/mol. The van der Waals surface area contributed by atoms with Crippen molar-refractivity contribution < 1.29 is 4.74 Å². The Bertz CT molecular complexity index is 393. The maximum absolute atomic E-state index is 5.07. The summed E-state index contributed by atoms with van der Waals surface area (Å²) in [5.41, 5.74) is 0. The molecule has 0 unspecified atom stereocenters. The van der Waals surface area contributed by atoms with E-state index in [1.165, 1.54) is 10.8 Å². The van der Waals surface area contributed by atoms with Crippen molar-refractivity contribution in [1.82, 2.24) is 0 Å². The Hall–Kier alpha value is -1.50.